The molecule has 1 unspecified atom stereocenters. The maximum Gasteiger partial charge on any atom is 0.0738 e. The van der Waals surface area contributed by atoms with E-state index in [9.17, 15) is 0 Å². The summed E-state index contributed by atoms with van der Waals surface area (Å²) < 4.78 is 1.09. The second-order valence-electron chi connectivity index (χ2n) is 4.62. The maximum absolute atomic E-state index is 5.95. The van der Waals surface area contributed by atoms with E-state index >= 15 is 0 Å². The van der Waals surface area contributed by atoms with Gasteiger partial charge in [-0.2, -0.15) is 0 Å². The standard InChI is InChI=1S/C16H15BrN2S/c17-13-6-3-5-12(8-13)15(10-18)20-16-9-11-4-1-2-7-14(11)19-16/h1-9,15,19H,10,18H2. The molecule has 0 bridgehead atoms. The molecule has 0 aliphatic rings. The highest BCUT2D eigenvalue weighted by Crippen LogP contribution is 2.36. The normalized spacial score (nSPS) is 12.7. The van der Waals surface area contributed by atoms with E-state index in [-0.39, 0.29) is 5.25 Å². The summed E-state index contributed by atoms with van der Waals surface area (Å²) in [5, 5.41) is 2.64. The van der Waals surface area contributed by atoms with Crippen LogP contribution in [0.3, 0.4) is 0 Å². The van der Waals surface area contributed by atoms with Gasteiger partial charge in [0.2, 0.25) is 0 Å². The number of nitrogens with two attached hydrogens (primary N) is 1. The third-order valence-corrected chi connectivity index (χ3v) is 4.93. The van der Waals surface area contributed by atoms with Crippen LogP contribution in [0.4, 0.5) is 0 Å². The zero-order valence-electron chi connectivity index (χ0n) is 10.8. The van der Waals surface area contributed by atoms with Crippen LogP contribution in [0.1, 0.15) is 10.8 Å². The van der Waals surface area contributed by atoms with Gasteiger partial charge in [0.05, 0.1) is 5.03 Å². The molecule has 0 aliphatic heterocycles. The number of nitrogens with one attached hydrogen (secondary N) is 1. The van der Waals surface area contributed by atoms with Crippen LogP contribution >= 0.6 is 27.7 Å². The molecule has 0 amide bonds. The zero-order chi connectivity index (χ0) is 13.9. The van der Waals surface area contributed by atoms with Gasteiger partial charge in [0.15, 0.2) is 0 Å². The lowest BCUT2D eigenvalue weighted by atomic mass is 10.1. The average Bonchev–Trinajstić information content (AvgIpc) is 2.87. The Bertz CT molecular complexity index is 690. The highest BCUT2D eigenvalue weighted by atomic mass is 79.9. The molecule has 1 atom stereocenters. The first-order valence-electron chi connectivity index (χ1n) is 6.46. The predicted octanol–water partition coefficient (Wildman–Crippen LogP) is 4.72. The molecule has 0 saturated carbocycles. The van der Waals surface area contributed by atoms with Crippen molar-refractivity contribution >= 4 is 38.6 Å². The molecule has 0 spiro atoms. The maximum atomic E-state index is 5.95. The SMILES string of the molecule is NCC(Sc1cc2ccccc2[nH]1)c1cccc(Br)c1. The lowest BCUT2D eigenvalue weighted by Crippen LogP contribution is -2.09. The second kappa shape index (κ2) is 6.04. The monoisotopic (exact) mass is 346 g/mol. The summed E-state index contributed by atoms with van der Waals surface area (Å²) >= 11 is 5.29. The fourth-order valence-electron chi connectivity index (χ4n) is 2.22. The fraction of sp³-hybridized carbons (Fsp3) is 0.125. The largest absolute Gasteiger partial charge is 0.350 e. The molecular formula is C16H15BrN2S. The minimum Gasteiger partial charge on any atom is -0.350 e. The first-order valence-corrected chi connectivity index (χ1v) is 8.13. The molecule has 3 N–H and O–H groups in total. The molecule has 3 aromatic rings. The van der Waals surface area contributed by atoms with Gasteiger partial charge in [0, 0.05) is 27.2 Å². The van der Waals surface area contributed by atoms with Crippen molar-refractivity contribution in [3.8, 4) is 0 Å². The summed E-state index contributed by atoms with van der Waals surface area (Å²) in [4.78, 5) is 3.44. The van der Waals surface area contributed by atoms with Crippen molar-refractivity contribution in [2.24, 2.45) is 5.73 Å². The minimum absolute atomic E-state index is 0.251. The van der Waals surface area contributed by atoms with Gasteiger partial charge in [-0.3, -0.25) is 0 Å². The first-order chi connectivity index (χ1) is 9.76. The third kappa shape index (κ3) is 2.92. The molecule has 0 saturated heterocycles. The van der Waals surface area contributed by atoms with E-state index in [0.29, 0.717) is 6.54 Å². The van der Waals surface area contributed by atoms with Crippen molar-refractivity contribution in [1.29, 1.82) is 0 Å². The summed E-state index contributed by atoms with van der Waals surface area (Å²) in [5.74, 6) is 0. The molecule has 102 valence electrons. The smallest absolute Gasteiger partial charge is 0.0738 e. The second-order valence-corrected chi connectivity index (χ2v) is 6.78. The molecule has 1 aromatic heterocycles. The number of hydrogen-bond donors (Lipinski definition) is 2. The van der Waals surface area contributed by atoms with Crippen molar-refractivity contribution in [3.63, 3.8) is 0 Å². The molecule has 1 heterocycles. The van der Waals surface area contributed by atoms with Crippen molar-refractivity contribution < 1.29 is 0 Å². The van der Waals surface area contributed by atoms with Crippen molar-refractivity contribution in [1.82, 2.24) is 4.98 Å². The van der Waals surface area contributed by atoms with E-state index < -0.39 is 0 Å². The number of aromatic nitrogens is 1. The first kappa shape index (κ1) is 13.7. The van der Waals surface area contributed by atoms with E-state index in [1.807, 2.05) is 18.2 Å². The molecule has 4 heteroatoms. The van der Waals surface area contributed by atoms with E-state index in [0.717, 1.165) is 9.50 Å². The Kier molecular flexibility index (Phi) is 4.15. The van der Waals surface area contributed by atoms with E-state index in [1.54, 1.807) is 11.8 Å². The van der Waals surface area contributed by atoms with Gasteiger partial charge in [0.25, 0.3) is 0 Å². The zero-order valence-corrected chi connectivity index (χ0v) is 13.2. The Morgan fingerprint density at radius 3 is 2.70 bits per heavy atom. The summed E-state index contributed by atoms with van der Waals surface area (Å²) in [6.45, 7) is 0.608. The number of fused-ring (bicyclic) bond motifs is 1. The van der Waals surface area contributed by atoms with Gasteiger partial charge in [-0.15, -0.1) is 0 Å². The minimum atomic E-state index is 0.251. The van der Waals surface area contributed by atoms with Crippen LogP contribution in [0.2, 0.25) is 0 Å². The number of halogens is 1. The van der Waals surface area contributed by atoms with Crippen LogP contribution in [0.5, 0.6) is 0 Å². The summed E-state index contributed by atoms with van der Waals surface area (Å²) in [6, 6.07) is 18.8. The Hall–Kier alpha value is -1.23. The van der Waals surface area contributed by atoms with E-state index in [1.165, 1.54) is 16.5 Å². The van der Waals surface area contributed by atoms with Gasteiger partial charge >= 0.3 is 0 Å². The van der Waals surface area contributed by atoms with Crippen LogP contribution in [-0.2, 0) is 0 Å². The number of thioether (sulfide) groups is 1. The van der Waals surface area contributed by atoms with Crippen LogP contribution in [-0.4, -0.2) is 11.5 Å². The van der Waals surface area contributed by atoms with Crippen molar-refractivity contribution in [2.45, 2.75) is 10.3 Å². The van der Waals surface area contributed by atoms with Gasteiger partial charge in [-0.1, -0.05) is 58.0 Å². The van der Waals surface area contributed by atoms with E-state index in [2.05, 4.69) is 57.3 Å². The number of benzene rings is 2. The number of hydrogen-bond acceptors (Lipinski definition) is 2. The highest BCUT2D eigenvalue weighted by molar-refractivity contribution is 9.10. The average molecular weight is 347 g/mol. The molecule has 0 radical (unpaired) electrons. The Morgan fingerprint density at radius 1 is 1.10 bits per heavy atom. The molecule has 2 nitrogen and oxygen atoms in total. The molecule has 2 aromatic carbocycles. The summed E-state index contributed by atoms with van der Waals surface area (Å²) in [5.41, 5.74) is 8.35. The van der Waals surface area contributed by atoms with Crippen LogP contribution in [0.15, 0.2) is 64.1 Å². The fourth-order valence-corrected chi connectivity index (χ4v) is 3.69. The van der Waals surface area contributed by atoms with Gasteiger partial charge in [0.1, 0.15) is 0 Å². The van der Waals surface area contributed by atoms with E-state index in [4.69, 9.17) is 5.73 Å². The lowest BCUT2D eigenvalue weighted by molar-refractivity contribution is 0.936. The topological polar surface area (TPSA) is 41.8 Å². The lowest BCUT2D eigenvalue weighted by Gasteiger charge is -2.14. The molecule has 20 heavy (non-hydrogen) atoms. The molecular weight excluding hydrogens is 332 g/mol. The van der Waals surface area contributed by atoms with Crippen molar-refractivity contribution in [2.75, 3.05) is 6.54 Å². The predicted molar refractivity (Wildman–Crippen MR) is 90.1 cm³/mol. The molecule has 0 fully saturated rings. The number of H-pyrrole nitrogens is 1. The number of rotatable bonds is 4. The summed E-state index contributed by atoms with van der Waals surface area (Å²) in [6.07, 6.45) is 0. The number of aromatic amines is 1. The Balaban J connectivity index is 1.87. The van der Waals surface area contributed by atoms with Crippen LogP contribution < -0.4 is 5.73 Å². The third-order valence-electron chi connectivity index (χ3n) is 3.21. The Labute approximate surface area is 130 Å². The summed E-state index contributed by atoms with van der Waals surface area (Å²) in [7, 11) is 0. The van der Waals surface area contributed by atoms with Crippen molar-refractivity contribution in [3.05, 3.63) is 64.6 Å². The van der Waals surface area contributed by atoms with Gasteiger partial charge in [-0.25, -0.2) is 0 Å². The molecule has 0 aliphatic carbocycles. The van der Waals surface area contributed by atoms with Gasteiger partial charge < -0.3 is 10.7 Å². The Morgan fingerprint density at radius 2 is 1.95 bits per heavy atom. The van der Waals surface area contributed by atoms with Crippen LogP contribution in [0, 0.1) is 0 Å². The van der Waals surface area contributed by atoms with Gasteiger partial charge in [-0.05, 0) is 29.8 Å². The van der Waals surface area contributed by atoms with Crippen LogP contribution in [0.25, 0.3) is 10.9 Å². The highest BCUT2D eigenvalue weighted by Gasteiger charge is 2.13. The quantitative estimate of drug-likeness (QED) is 0.671. The molecule has 3 rings (SSSR count). The number of para-hydroxylation sites is 1.